The molecule has 4 heteroatoms. The Morgan fingerprint density at radius 2 is 1.24 bits per heavy atom. The molecule has 0 N–H and O–H groups in total. The molecule has 0 aromatic heterocycles. The van der Waals surface area contributed by atoms with Gasteiger partial charge in [0, 0.05) is 5.56 Å². The third-order valence-electron chi connectivity index (χ3n) is 4.09. The van der Waals surface area contributed by atoms with Gasteiger partial charge in [-0.15, -0.1) is 0 Å². The number of benzene rings is 3. The fourth-order valence-corrected chi connectivity index (χ4v) is 2.80. The van der Waals surface area contributed by atoms with E-state index in [1.807, 2.05) is 13.0 Å². The Balaban J connectivity index is 1.93. The van der Waals surface area contributed by atoms with Crippen molar-refractivity contribution in [1.82, 2.24) is 0 Å². The zero-order valence-corrected chi connectivity index (χ0v) is 13.6. The van der Waals surface area contributed by atoms with Gasteiger partial charge in [-0.1, -0.05) is 49.7 Å². The van der Waals surface area contributed by atoms with Gasteiger partial charge in [-0.25, -0.2) is 17.6 Å². The lowest BCUT2D eigenvalue weighted by molar-refractivity contribution is 0.448. The maximum atomic E-state index is 14.3. The zero-order chi connectivity index (χ0) is 18.0. The van der Waals surface area contributed by atoms with Crippen LogP contribution < -0.4 is 0 Å². The molecule has 3 aromatic carbocycles. The monoisotopic (exact) mass is 344 g/mol. The van der Waals surface area contributed by atoms with Gasteiger partial charge in [0.2, 0.25) is 0 Å². The Kier molecular flexibility index (Phi) is 4.88. The summed E-state index contributed by atoms with van der Waals surface area (Å²) in [7, 11) is 0. The number of halogens is 4. The van der Waals surface area contributed by atoms with E-state index in [1.54, 1.807) is 30.3 Å². The summed E-state index contributed by atoms with van der Waals surface area (Å²) in [6.07, 6.45) is 1.76. The molecule has 0 heterocycles. The standard InChI is InChI=1S/C21H16F4/c1-2-3-13-4-9-17(18(22)10-13)15-7-5-14(6-8-15)16-11-19(23)21(25)20(24)12-16/h4-12H,2-3H2,1H3. The van der Waals surface area contributed by atoms with E-state index in [-0.39, 0.29) is 11.4 Å². The lowest BCUT2D eigenvalue weighted by Gasteiger charge is -2.08. The van der Waals surface area contributed by atoms with Crippen molar-refractivity contribution in [3.05, 3.63) is 83.4 Å². The molecule has 0 amide bonds. The van der Waals surface area contributed by atoms with Crippen molar-refractivity contribution < 1.29 is 17.6 Å². The van der Waals surface area contributed by atoms with Crippen molar-refractivity contribution in [2.45, 2.75) is 19.8 Å². The van der Waals surface area contributed by atoms with E-state index in [0.29, 0.717) is 16.7 Å². The predicted molar refractivity (Wildman–Crippen MR) is 91.1 cm³/mol. The second kappa shape index (κ2) is 7.09. The Morgan fingerprint density at radius 1 is 0.640 bits per heavy atom. The highest BCUT2D eigenvalue weighted by molar-refractivity contribution is 5.71. The summed E-state index contributed by atoms with van der Waals surface area (Å²) in [6, 6.07) is 13.6. The summed E-state index contributed by atoms with van der Waals surface area (Å²) < 4.78 is 54.1. The normalized spacial score (nSPS) is 10.9. The highest BCUT2D eigenvalue weighted by atomic mass is 19.2. The van der Waals surface area contributed by atoms with Crippen molar-refractivity contribution in [2.24, 2.45) is 0 Å². The number of hydrogen-bond donors (Lipinski definition) is 0. The van der Waals surface area contributed by atoms with Gasteiger partial charge in [-0.05, 0) is 46.9 Å². The summed E-state index contributed by atoms with van der Waals surface area (Å²) in [5.74, 6) is -4.28. The minimum absolute atomic E-state index is 0.224. The van der Waals surface area contributed by atoms with E-state index in [0.717, 1.165) is 30.5 Å². The topological polar surface area (TPSA) is 0 Å². The first-order valence-electron chi connectivity index (χ1n) is 8.03. The lowest BCUT2D eigenvalue weighted by Crippen LogP contribution is -1.92. The van der Waals surface area contributed by atoms with E-state index < -0.39 is 17.5 Å². The molecule has 0 fully saturated rings. The van der Waals surface area contributed by atoms with Gasteiger partial charge in [0.25, 0.3) is 0 Å². The Morgan fingerprint density at radius 3 is 1.80 bits per heavy atom. The molecule has 0 aliphatic carbocycles. The summed E-state index contributed by atoms with van der Waals surface area (Å²) in [5.41, 5.74) is 2.80. The van der Waals surface area contributed by atoms with Gasteiger partial charge < -0.3 is 0 Å². The molecule has 128 valence electrons. The van der Waals surface area contributed by atoms with Crippen LogP contribution >= 0.6 is 0 Å². The minimum Gasteiger partial charge on any atom is -0.206 e. The van der Waals surface area contributed by atoms with Gasteiger partial charge in [0.1, 0.15) is 5.82 Å². The van der Waals surface area contributed by atoms with Crippen molar-refractivity contribution in [1.29, 1.82) is 0 Å². The third kappa shape index (κ3) is 3.58. The molecule has 0 atom stereocenters. The summed E-state index contributed by atoms with van der Waals surface area (Å²) >= 11 is 0. The second-order valence-corrected chi connectivity index (χ2v) is 5.90. The summed E-state index contributed by atoms with van der Waals surface area (Å²) in [5, 5.41) is 0. The first kappa shape index (κ1) is 17.2. The van der Waals surface area contributed by atoms with Crippen LogP contribution in [0.5, 0.6) is 0 Å². The lowest BCUT2D eigenvalue weighted by atomic mass is 9.98. The summed E-state index contributed by atoms with van der Waals surface area (Å²) in [4.78, 5) is 0. The molecular formula is C21H16F4. The maximum Gasteiger partial charge on any atom is 0.194 e. The number of aryl methyl sites for hydroxylation is 1. The molecule has 0 bridgehead atoms. The molecule has 0 aliphatic heterocycles. The van der Waals surface area contributed by atoms with Crippen LogP contribution in [0, 0.1) is 23.3 Å². The average Bonchev–Trinajstić information content (AvgIpc) is 2.60. The van der Waals surface area contributed by atoms with E-state index in [4.69, 9.17) is 0 Å². The zero-order valence-electron chi connectivity index (χ0n) is 13.6. The van der Waals surface area contributed by atoms with Gasteiger partial charge in [-0.3, -0.25) is 0 Å². The molecule has 0 nitrogen and oxygen atoms in total. The molecule has 3 aromatic rings. The molecule has 0 unspecified atom stereocenters. The fourth-order valence-electron chi connectivity index (χ4n) is 2.80. The molecule has 0 spiro atoms. The van der Waals surface area contributed by atoms with E-state index in [9.17, 15) is 17.6 Å². The first-order valence-corrected chi connectivity index (χ1v) is 8.03. The predicted octanol–water partition coefficient (Wildman–Crippen LogP) is 6.53. The van der Waals surface area contributed by atoms with Crippen molar-refractivity contribution in [2.75, 3.05) is 0 Å². The Bertz CT molecular complexity index is 875. The van der Waals surface area contributed by atoms with Crippen LogP contribution in [0.25, 0.3) is 22.3 Å². The largest absolute Gasteiger partial charge is 0.206 e. The molecule has 3 rings (SSSR count). The van der Waals surface area contributed by atoms with Gasteiger partial charge in [-0.2, -0.15) is 0 Å². The second-order valence-electron chi connectivity index (χ2n) is 5.90. The van der Waals surface area contributed by atoms with Gasteiger partial charge >= 0.3 is 0 Å². The van der Waals surface area contributed by atoms with Crippen LogP contribution in [-0.4, -0.2) is 0 Å². The molecule has 0 aliphatic rings. The van der Waals surface area contributed by atoms with Crippen LogP contribution in [0.15, 0.2) is 54.6 Å². The summed E-state index contributed by atoms with van der Waals surface area (Å²) in [6.45, 7) is 2.03. The van der Waals surface area contributed by atoms with Crippen LogP contribution in [0.3, 0.4) is 0 Å². The SMILES string of the molecule is CCCc1ccc(-c2ccc(-c3cc(F)c(F)c(F)c3)cc2)c(F)c1. The van der Waals surface area contributed by atoms with Crippen LogP contribution in [0.4, 0.5) is 17.6 Å². The fraction of sp³-hybridized carbons (Fsp3) is 0.143. The average molecular weight is 344 g/mol. The third-order valence-corrected chi connectivity index (χ3v) is 4.09. The van der Waals surface area contributed by atoms with Gasteiger partial charge in [0.05, 0.1) is 0 Å². The molecule has 0 saturated heterocycles. The Hall–Kier alpha value is -2.62. The van der Waals surface area contributed by atoms with Crippen LogP contribution in [-0.2, 0) is 6.42 Å². The first-order chi connectivity index (χ1) is 12.0. The highest BCUT2D eigenvalue weighted by Crippen LogP contribution is 2.29. The minimum atomic E-state index is -1.49. The van der Waals surface area contributed by atoms with Gasteiger partial charge in [0.15, 0.2) is 17.5 Å². The van der Waals surface area contributed by atoms with E-state index in [2.05, 4.69) is 0 Å². The Labute approximate surface area is 143 Å². The molecule has 25 heavy (non-hydrogen) atoms. The quantitative estimate of drug-likeness (QED) is 0.373. The van der Waals surface area contributed by atoms with Crippen molar-refractivity contribution in [3.8, 4) is 22.3 Å². The highest BCUT2D eigenvalue weighted by Gasteiger charge is 2.12. The number of hydrogen-bond acceptors (Lipinski definition) is 0. The smallest absolute Gasteiger partial charge is 0.194 e. The van der Waals surface area contributed by atoms with Crippen molar-refractivity contribution in [3.63, 3.8) is 0 Å². The van der Waals surface area contributed by atoms with Crippen LogP contribution in [0.2, 0.25) is 0 Å². The van der Waals surface area contributed by atoms with Crippen molar-refractivity contribution >= 4 is 0 Å². The van der Waals surface area contributed by atoms with Crippen LogP contribution in [0.1, 0.15) is 18.9 Å². The molecular weight excluding hydrogens is 328 g/mol. The number of rotatable bonds is 4. The van der Waals surface area contributed by atoms with E-state index >= 15 is 0 Å². The maximum absolute atomic E-state index is 14.3. The molecule has 0 saturated carbocycles. The van der Waals surface area contributed by atoms with E-state index in [1.165, 1.54) is 6.07 Å². The molecule has 0 radical (unpaired) electrons.